The first kappa shape index (κ1) is 25.5. The van der Waals surface area contributed by atoms with Gasteiger partial charge in [-0.05, 0) is 49.4 Å². The van der Waals surface area contributed by atoms with E-state index < -0.39 is 24.0 Å². The first-order valence-electron chi connectivity index (χ1n) is 13.3. The normalized spacial score (nSPS) is 21.9. The van der Waals surface area contributed by atoms with Crippen LogP contribution in [-0.2, 0) is 19.1 Å². The van der Waals surface area contributed by atoms with Crippen LogP contribution in [0.15, 0.2) is 54.6 Å². The van der Waals surface area contributed by atoms with Gasteiger partial charge < -0.3 is 19.3 Å². The lowest BCUT2D eigenvalue weighted by Crippen LogP contribution is -2.64. The van der Waals surface area contributed by atoms with Crippen LogP contribution < -0.4 is 9.64 Å². The lowest BCUT2D eigenvalue weighted by atomic mass is 9.77. The van der Waals surface area contributed by atoms with E-state index in [4.69, 9.17) is 14.2 Å². The molecule has 3 fully saturated rings. The molecule has 1 N–H and O–H groups in total. The van der Waals surface area contributed by atoms with Crippen LogP contribution >= 0.6 is 0 Å². The topological polar surface area (TPSA) is 88.5 Å². The first-order valence-corrected chi connectivity index (χ1v) is 13.3. The number of esters is 2. The van der Waals surface area contributed by atoms with Gasteiger partial charge in [-0.1, -0.05) is 61.7 Å². The van der Waals surface area contributed by atoms with Gasteiger partial charge in [0.05, 0.1) is 25.4 Å². The van der Waals surface area contributed by atoms with Gasteiger partial charge in [0.15, 0.2) is 0 Å². The minimum absolute atomic E-state index is 0.00109. The Bertz CT molecular complexity index is 1070. The van der Waals surface area contributed by atoms with Gasteiger partial charge in [-0.3, -0.25) is 9.80 Å². The quantitative estimate of drug-likeness (QED) is 0.427. The van der Waals surface area contributed by atoms with Gasteiger partial charge in [-0.25, -0.2) is 9.59 Å². The number of aliphatic hydroxyl groups excluding tert-OH is 1. The van der Waals surface area contributed by atoms with Crippen molar-refractivity contribution in [3.63, 3.8) is 0 Å². The van der Waals surface area contributed by atoms with Crippen LogP contribution in [0.2, 0.25) is 0 Å². The predicted molar refractivity (Wildman–Crippen MR) is 138 cm³/mol. The number of ether oxygens (including phenoxy) is 3. The molecule has 2 aromatic carbocycles. The van der Waals surface area contributed by atoms with Crippen LogP contribution in [0, 0.1) is 5.92 Å². The second-order valence-electron chi connectivity index (χ2n) is 10.3. The average molecular weight is 509 g/mol. The molecule has 2 atom stereocenters. The Hall–Kier alpha value is -3.10. The van der Waals surface area contributed by atoms with Gasteiger partial charge in [-0.15, -0.1) is 0 Å². The molecule has 37 heavy (non-hydrogen) atoms. The maximum Gasteiger partial charge on any atom is 0.422 e. The van der Waals surface area contributed by atoms with Crippen molar-refractivity contribution in [1.82, 2.24) is 4.90 Å². The van der Waals surface area contributed by atoms with E-state index >= 15 is 0 Å². The number of piperazine rings is 1. The number of carbonyl (C=O) groups excluding carboxylic acids is 2. The molecular weight excluding hydrogens is 472 g/mol. The Morgan fingerprint density at radius 3 is 2.35 bits per heavy atom. The number of aliphatic hydroxyl groups is 1. The highest BCUT2D eigenvalue weighted by Gasteiger charge is 2.56. The maximum atomic E-state index is 12.2. The van der Waals surface area contributed by atoms with Gasteiger partial charge >= 0.3 is 17.8 Å². The lowest BCUT2D eigenvalue weighted by molar-refractivity contribution is -0.193. The Morgan fingerprint density at radius 1 is 0.973 bits per heavy atom. The van der Waals surface area contributed by atoms with Crippen molar-refractivity contribution in [3.8, 4) is 5.75 Å². The van der Waals surface area contributed by atoms with E-state index in [1.54, 1.807) is 12.0 Å². The maximum absolute atomic E-state index is 12.2. The fraction of sp³-hybridized carbons (Fsp3) is 0.517. The summed E-state index contributed by atoms with van der Waals surface area (Å²) in [5.41, 5.74) is 1.84. The number of nitrogens with zero attached hydrogens (tertiary/aromatic N) is 2. The number of para-hydroxylation sites is 2. The molecule has 198 valence electrons. The van der Waals surface area contributed by atoms with E-state index in [2.05, 4.69) is 17.0 Å². The Balaban J connectivity index is 1.35. The smallest absolute Gasteiger partial charge is 0.422 e. The largest absolute Gasteiger partial charge is 0.495 e. The zero-order chi connectivity index (χ0) is 25.8. The summed E-state index contributed by atoms with van der Waals surface area (Å²) in [5, 5.41) is 11.5. The van der Waals surface area contributed by atoms with Crippen LogP contribution in [-0.4, -0.2) is 67.2 Å². The molecular formula is C29H36N2O6. The SMILES string of the molecule is COc1ccccc1N1CCN(CCC(c2ccccc2)C(O)C2CCCCC2)CC12OC(=O)C(=O)O2. The summed E-state index contributed by atoms with van der Waals surface area (Å²) in [7, 11) is 1.58. The van der Waals surface area contributed by atoms with Crippen LogP contribution in [0.25, 0.3) is 0 Å². The van der Waals surface area contributed by atoms with Crippen molar-refractivity contribution < 1.29 is 28.9 Å². The van der Waals surface area contributed by atoms with Gasteiger partial charge in [0.2, 0.25) is 0 Å². The zero-order valence-electron chi connectivity index (χ0n) is 21.4. The van der Waals surface area contributed by atoms with Gasteiger partial charge in [0.1, 0.15) is 5.75 Å². The van der Waals surface area contributed by atoms with Crippen LogP contribution in [0.3, 0.4) is 0 Å². The molecule has 1 spiro atoms. The Labute approximate surface area is 218 Å². The van der Waals surface area contributed by atoms with E-state index in [-0.39, 0.29) is 12.5 Å². The molecule has 0 radical (unpaired) electrons. The Morgan fingerprint density at radius 2 is 1.65 bits per heavy atom. The van der Waals surface area contributed by atoms with E-state index in [0.717, 1.165) is 24.8 Å². The van der Waals surface area contributed by atoms with Crippen LogP contribution in [0.4, 0.5) is 5.69 Å². The summed E-state index contributed by atoms with van der Waals surface area (Å²) in [6.07, 6.45) is 6.06. The second-order valence-corrected chi connectivity index (χ2v) is 10.3. The third-order valence-electron chi connectivity index (χ3n) is 8.05. The summed E-state index contributed by atoms with van der Waals surface area (Å²) < 4.78 is 16.7. The third kappa shape index (κ3) is 5.31. The molecule has 3 aliphatic rings. The molecule has 1 saturated carbocycles. The number of hydrogen-bond acceptors (Lipinski definition) is 8. The molecule has 2 saturated heterocycles. The summed E-state index contributed by atoms with van der Waals surface area (Å²) in [6.45, 7) is 2.03. The van der Waals surface area contributed by atoms with Gasteiger partial charge in [0, 0.05) is 19.0 Å². The fourth-order valence-corrected chi connectivity index (χ4v) is 6.14. The zero-order valence-corrected chi connectivity index (χ0v) is 21.4. The van der Waals surface area contributed by atoms with Crippen molar-refractivity contribution in [2.45, 2.75) is 56.5 Å². The van der Waals surface area contributed by atoms with Crippen molar-refractivity contribution in [2.75, 3.05) is 38.2 Å². The summed E-state index contributed by atoms with van der Waals surface area (Å²) in [4.78, 5) is 28.3. The van der Waals surface area contributed by atoms with Crippen LogP contribution in [0.1, 0.15) is 50.0 Å². The third-order valence-corrected chi connectivity index (χ3v) is 8.05. The molecule has 2 aliphatic heterocycles. The molecule has 2 aromatic rings. The Kier molecular flexibility index (Phi) is 7.67. The number of hydrogen-bond donors (Lipinski definition) is 1. The molecule has 0 bridgehead atoms. The second kappa shape index (κ2) is 11.1. The standard InChI is InChI=1S/C29H36N2O6/c1-35-25-15-9-8-14-24(25)31-19-18-30(20-29(31)36-27(33)28(34)37-29)17-16-23(21-10-4-2-5-11-21)26(32)22-12-6-3-7-13-22/h2,4-5,8-11,14-15,22-23,26,32H,3,6-7,12-13,16-20H2,1H3. The summed E-state index contributed by atoms with van der Waals surface area (Å²) in [5.74, 6) is -2.61. The van der Waals surface area contributed by atoms with E-state index in [9.17, 15) is 14.7 Å². The average Bonchev–Trinajstić information content (AvgIpc) is 3.22. The lowest BCUT2D eigenvalue weighted by Gasteiger charge is -2.46. The molecule has 2 unspecified atom stereocenters. The van der Waals surface area contributed by atoms with E-state index in [0.29, 0.717) is 37.0 Å². The van der Waals surface area contributed by atoms with E-state index in [1.165, 1.54) is 19.3 Å². The summed E-state index contributed by atoms with van der Waals surface area (Å²) >= 11 is 0. The number of carbonyl (C=O) groups is 2. The van der Waals surface area contributed by atoms with Gasteiger partial charge in [0.25, 0.3) is 0 Å². The molecule has 8 nitrogen and oxygen atoms in total. The molecule has 2 heterocycles. The van der Waals surface area contributed by atoms with Gasteiger partial charge in [-0.2, -0.15) is 0 Å². The van der Waals surface area contributed by atoms with Crippen molar-refractivity contribution in [1.29, 1.82) is 0 Å². The first-order chi connectivity index (χ1) is 18.0. The highest BCUT2D eigenvalue weighted by Crippen LogP contribution is 2.40. The highest BCUT2D eigenvalue weighted by atomic mass is 16.8. The summed E-state index contributed by atoms with van der Waals surface area (Å²) in [6, 6.07) is 17.6. The minimum atomic E-state index is -1.55. The minimum Gasteiger partial charge on any atom is -0.495 e. The molecule has 8 heteroatoms. The van der Waals surface area contributed by atoms with Crippen LogP contribution in [0.5, 0.6) is 5.75 Å². The number of benzene rings is 2. The van der Waals surface area contributed by atoms with E-state index in [1.807, 2.05) is 42.5 Å². The monoisotopic (exact) mass is 508 g/mol. The van der Waals surface area contributed by atoms with Crippen molar-refractivity contribution >= 4 is 17.6 Å². The predicted octanol–water partition coefficient (Wildman–Crippen LogP) is 3.69. The molecule has 1 aliphatic carbocycles. The molecule has 5 rings (SSSR count). The number of methoxy groups -OCH3 is 1. The van der Waals surface area contributed by atoms with Crippen molar-refractivity contribution in [2.24, 2.45) is 5.92 Å². The molecule has 0 amide bonds. The highest BCUT2D eigenvalue weighted by molar-refractivity contribution is 6.31. The molecule has 0 aromatic heterocycles. The number of rotatable bonds is 8. The fourth-order valence-electron chi connectivity index (χ4n) is 6.14. The number of anilines is 1. The van der Waals surface area contributed by atoms with Crippen molar-refractivity contribution in [3.05, 3.63) is 60.2 Å².